The number of benzene rings is 1. The van der Waals surface area contributed by atoms with Crippen molar-refractivity contribution in [3.05, 3.63) is 44.7 Å². The minimum absolute atomic E-state index is 0.0128. The Morgan fingerprint density at radius 2 is 1.95 bits per heavy atom. The van der Waals surface area contributed by atoms with Gasteiger partial charge in [0.2, 0.25) is 0 Å². The van der Waals surface area contributed by atoms with Gasteiger partial charge in [-0.1, -0.05) is 23.2 Å². The van der Waals surface area contributed by atoms with Crippen LogP contribution in [0.5, 0.6) is 0 Å². The Kier molecular flexibility index (Phi) is 5.21. The summed E-state index contributed by atoms with van der Waals surface area (Å²) in [6.07, 6.45) is 0. The van der Waals surface area contributed by atoms with Gasteiger partial charge in [-0.3, -0.25) is 4.72 Å². The van der Waals surface area contributed by atoms with Crippen LogP contribution in [0.15, 0.2) is 38.2 Å². The number of anilines is 1. The predicted molar refractivity (Wildman–Crippen MR) is 86.4 cm³/mol. The Balaban J connectivity index is 2.31. The van der Waals surface area contributed by atoms with Gasteiger partial charge in [-0.25, -0.2) is 8.42 Å². The second kappa shape index (κ2) is 6.58. The summed E-state index contributed by atoms with van der Waals surface area (Å²) in [6, 6.07) is 5.91. The molecule has 0 spiro atoms. The van der Waals surface area contributed by atoms with Crippen molar-refractivity contribution >= 4 is 54.8 Å². The first kappa shape index (κ1) is 16.6. The molecule has 0 unspecified atom stereocenters. The first-order chi connectivity index (χ1) is 9.83. The number of hydrogen-bond acceptors (Lipinski definition) is 4. The number of nitrogens with one attached hydrogen (secondary N) is 2. The minimum atomic E-state index is -3.79. The molecule has 1 aromatic heterocycles. The summed E-state index contributed by atoms with van der Waals surface area (Å²) in [7, 11) is -2.06. The lowest BCUT2D eigenvalue weighted by atomic mass is 10.3. The van der Waals surface area contributed by atoms with Crippen LogP contribution in [0.3, 0.4) is 0 Å². The van der Waals surface area contributed by atoms with Gasteiger partial charge in [-0.05, 0) is 41.2 Å². The van der Waals surface area contributed by atoms with Gasteiger partial charge in [0.15, 0.2) is 4.67 Å². The molecule has 0 saturated heterocycles. The van der Waals surface area contributed by atoms with E-state index in [1.165, 1.54) is 24.3 Å². The van der Waals surface area contributed by atoms with Crippen molar-refractivity contribution < 1.29 is 12.8 Å². The number of rotatable bonds is 5. The SMILES string of the molecule is CNCc1cc(S(=O)(=O)Nc2ccc(Cl)c(Cl)c2)c(Br)o1. The van der Waals surface area contributed by atoms with Crippen LogP contribution < -0.4 is 10.0 Å². The molecular formula is C12H11BrCl2N2O3S. The fourth-order valence-corrected chi connectivity index (χ4v) is 3.96. The Morgan fingerprint density at radius 1 is 1.24 bits per heavy atom. The summed E-state index contributed by atoms with van der Waals surface area (Å²) in [5.74, 6) is 0.499. The fourth-order valence-electron chi connectivity index (χ4n) is 1.61. The normalized spacial score (nSPS) is 11.6. The second-order valence-electron chi connectivity index (χ2n) is 4.12. The molecule has 114 valence electrons. The Hall–Kier alpha value is -0.730. The van der Waals surface area contributed by atoms with E-state index in [1.807, 2.05) is 0 Å². The van der Waals surface area contributed by atoms with Crippen LogP contribution in [0, 0.1) is 0 Å². The molecule has 0 radical (unpaired) electrons. The highest BCUT2D eigenvalue weighted by Crippen LogP contribution is 2.30. The molecule has 21 heavy (non-hydrogen) atoms. The van der Waals surface area contributed by atoms with E-state index in [9.17, 15) is 8.42 Å². The highest BCUT2D eigenvalue weighted by molar-refractivity contribution is 9.10. The molecule has 1 heterocycles. The van der Waals surface area contributed by atoms with Crippen LogP contribution in [-0.2, 0) is 16.6 Å². The van der Waals surface area contributed by atoms with Gasteiger partial charge in [0.25, 0.3) is 10.0 Å². The van der Waals surface area contributed by atoms with Crippen molar-refractivity contribution in [2.75, 3.05) is 11.8 Å². The zero-order valence-corrected chi connectivity index (χ0v) is 14.7. The third-order valence-corrected chi connectivity index (χ3v) is 5.50. The summed E-state index contributed by atoms with van der Waals surface area (Å²) in [5, 5.41) is 3.49. The van der Waals surface area contributed by atoms with Crippen LogP contribution in [-0.4, -0.2) is 15.5 Å². The predicted octanol–water partition coefficient (Wildman–Crippen LogP) is 3.87. The van der Waals surface area contributed by atoms with E-state index >= 15 is 0 Å². The maximum Gasteiger partial charge on any atom is 0.266 e. The topological polar surface area (TPSA) is 71.3 Å². The highest BCUT2D eigenvalue weighted by atomic mass is 79.9. The molecule has 0 atom stereocenters. The van der Waals surface area contributed by atoms with Crippen molar-refractivity contribution in [2.45, 2.75) is 11.4 Å². The zero-order chi connectivity index (χ0) is 15.6. The van der Waals surface area contributed by atoms with E-state index in [2.05, 4.69) is 26.0 Å². The second-order valence-corrected chi connectivity index (χ2v) is 7.30. The van der Waals surface area contributed by atoms with E-state index < -0.39 is 10.0 Å². The van der Waals surface area contributed by atoms with Gasteiger partial charge in [0.1, 0.15) is 10.7 Å². The lowest BCUT2D eigenvalue weighted by Gasteiger charge is -2.07. The van der Waals surface area contributed by atoms with Gasteiger partial charge >= 0.3 is 0 Å². The number of sulfonamides is 1. The third kappa shape index (κ3) is 3.92. The molecule has 2 aromatic rings. The first-order valence-electron chi connectivity index (χ1n) is 5.74. The van der Waals surface area contributed by atoms with Crippen molar-refractivity contribution in [1.29, 1.82) is 0 Å². The van der Waals surface area contributed by atoms with Crippen LogP contribution >= 0.6 is 39.1 Å². The van der Waals surface area contributed by atoms with Gasteiger partial charge in [-0.15, -0.1) is 0 Å². The molecule has 0 aliphatic heterocycles. The molecule has 0 aliphatic carbocycles. The molecule has 0 fully saturated rings. The molecule has 0 saturated carbocycles. The molecule has 2 rings (SSSR count). The van der Waals surface area contributed by atoms with E-state index in [-0.39, 0.29) is 14.6 Å². The Morgan fingerprint density at radius 3 is 2.57 bits per heavy atom. The van der Waals surface area contributed by atoms with Crippen LogP contribution in [0.1, 0.15) is 5.76 Å². The zero-order valence-electron chi connectivity index (χ0n) is 10.8. The third-order valence-electron chi connectivity index (χ3n) is 2.52. The molecule has 2 N–H and O–H groups in total. The lowest BCUT2D eigenvalue weighted by molar-refractivity contribution is 0.470. The van der Waals surface area contributed by atoms with Crippen molar-refractivity contribution in [1.82, 2.24) is 5.32 Å². The van der Waals surface area contributed by atoms with E-state index in [4.69, 9.17) is 27.6 Å². The van der Waals surface area contributed by atoms with Crippen molar-refractivity contribution in [3.63, 3.8) is 0 Å². The molecule has 9 heteroatoms. The summed E-state index contributed by atoms with van der Waals surface area (Å²) < 4.78 is 32.5. The van der Waals surface area contributed by atoms with Crippen LogP contribution in [0.2, 0.25) is 10.0 Å². The number of hydrogen-bond donors (Lipinski definition) is 2. The van der Waals surface area contributed by atoms with Crippen molar-refractivity contribution in [3.8, 4) is 0 Å². The molecule has 1 aromatic carbocycles. The molecule has 0 aliphatic rings. The quantitative estimate of drug-likeness (QED) is 0.780. The highest BCUT2D eigenvalue weighted by Gasteiger charge is 2.22. The summed E-state index contributed by atoms with van der Waals surface area (Å²) >= 11 is 14.8. The number of halogens is 3. The summed E-state index contributed by atoms with van der Waals surface area (Å²) in [4.78, 5) is 0.0128. The molecule has 0 amide bonds. The summed E-state index contributed by atoms with van der Waals surface area (Å²) in [6.45, 7) is 0.418. The first-order valence-corrected chi connectivity index (χ1v) is 8.77. The van der Waals surface area contributed by atoms with Crippen molar-refractivity contribution in [2.24, 2.45) is 0 Å². The maximum absolute atomic E-state index is 12.3. The standard InChI is InChI=1S/C12H11BrCl2N2O3S/c1-16-6-8-5-11(12(13)20-8)21(18,19)17-7-2-3-9(14)10(15)4-7/h2-5,16-17H,6H2,1H3. The Bertz CT molecular complexity index is 762. The molecule has 5 nitrogen and oxygen atoms in total. The van der Waals surface area contributed by atoms with Gasteiger partial charge in [-0.2, -0.15) is 0 Å². The van der Waals surface area contributed by atoms with Gasteiger partial charge < -0.3 is 9.73 Å². The smallest absolute Gasteiger partial charge is 0.266 e. The summed E-state index contributed by atoms with van der Waals surface area (Å²) in [5.41, 5.74) is 0.313. The molecular weight excluding hydrogens is 403 g/mol. The van der Waals surface area contributed by atoms with E-state index in [0.29, 0.717) is 23.0 Å². The lowest BCUT2D eigenvalue weighted by Crippen LogP contribution is -2.12. The van der Waals surface area contributed by atoms with E-state index in [1.54, 1.807) is 7.05 Å². The average Bonchev–Trinajstić information content (AvgIpc) is 2.76. The van der Waals surface area contributed by atoms with Gasteiger partial charge in [0, 0.05) is 6.07 Å². The van der Waals surface area contributed by atoms with Crippen LogP contribution in [0.25, 0.3) is 0 Å². The monoisotopic (exact) mass is 412 g/mol. The average molecular weight is 414 g/mol. The minimum Gasteiger partial charge on any atom is -0.451 e. The fraction of sp³-hybridized carbons (Fsp3) is 0.167. The largest absolute Gasteiger partial charge is 0.451 e. The van der Waals surface area contributed by atoms with Crippen LogP contribution in [0.4, 0.5) is 5.69 Å². The van der Waals surface area contributed by atoms with E-state index in [0.717, 1.165) is 0 Å². The number of furan rings is 1. The Labute approximate surface area is 140 Å². The molecule has 0 bridgehead atoms. The maximum atomic E-state index is 12.3. The van der Waals surface area contributed by atoms with Gasteiger partial charge in [0.05, 0.1) is 22.3 Å².